The Morgan fingerprint density at radius 1 is 1.06 bits per heavy atom. The van der Waals surface area contributed by atoms with Crippen molar-refractivity contribution in [3.8, 4) is 11.5 Å². The normalized spacial score (nSPS) is 18.4. The third-order valence-corrected chi connectivity index (χ3v) is 6.50. The second-order valence-electron chi connectivity index (χ2n) is 9.70. The van der Waals surface area contributed by atoms with Crippen LogP contribution in [-0.2, 0) is 16.0 Å². The number of ether oxygens (including phenoxy) is 2. The fourth-order valence-corrected chi connectivity index (χ4v) is 4.62. The SMILES string of the molecule is Cc1ccc(N2C(=O)C(=O)/C(=C(\O)c3ccc4c(c3)CCO4)C2c2ccc(OCC(C)C)cc2)cc1. The first kappa shape index (κ1) is 23.7. The number of aliphatic hydroxyl groups is 1. The number of fused-ring (bicyclic) bond motifs is 1. The first-order chi connectivity index (χ1) is 17.3. The molecule has 1 saturated heterocycles. The average molecular weight is 484 g/mol. The van der Waals surface area contributed by atoms with Crippen molar-refractivity contribution in [2.75, 3.05) is 18.1 Å². The van der Waals surface area contributed by atoms with Crippen molar-refractivity contribution in [2.24, 2.45) is 5.92 Å². The Morgan fingerprint density at radius 3 is 2.47 bits per heavy atom. The molecule has 1 N–H and O–H groups in total. The zero-order chi connectivity index (χ0) is 25.4. The lowest BCUT2D eigenvalue weighted by Crippen LogP contribution is -2.29. The van der Waals surface area contributed by atoms with Gasteiger partial charge in [-0.2, -0.15) is 0 Å². The Balaban J connectivity index is 1.62. The van der Waals surface area contributed by atoms with Gasteiger partial charge in [0.1, 0.15) is 17.3 Å². The molecule has 1 unspecified atom stereocenters. The van der Waals surface area contributed by atoms with Crippen molar-refractivity contribution in [3.63, 3.8) is 0 Å². The largest absolute Gasteiger partial charge is 0.507 e. The molecule has 5 rings (SSSR count). The molecular formula is C30H29NO5. The Hall–Kier alpha value is -4.06. The van der Waals surface area contributed by atoms with Crippen LogP contribution in [-0.4, -0.2) is 30.0 Å². The van der Waals surface area contributed by atoms with Crippen molar-refractivity contribution >= 4 is 23.1 Å². The monoisotopic (exact) mass is 483 g/mol. The van der Waals surface area contributed by atoms with E-state index in [-0.39, 0.29) is 11.3 Å². The molecule has 2 heterocycles. The highest BCUT2D eigenvalue weighted by Crippen LogP contribution is 2.43. The van der Waals surface area contributed by atoms with Crippen LogP contribution in [0.3, 0.4) is 0 Å². The summed E-state index contributed by atoms with van der Waals surface area (Å²) in [5.74, 6) is 0.294. The molecule has 3 aromatic carbocycles. The smallest absolute Gasteiger partial charge is 0.300 e. The molecule has 3 aromatic rings. The summed E-state index contributed by atoms with van der Waals surface area (Å²) in [6.45, 7) is 7.29. The van der Waals surface area contributed by atoms with Crippen molar-refractivity contribution in [1.82, 2.24) is 0 Å². The molecule has 0 aromatic heterocycles. The Morgan fingerprint density at radius 2 is 1.78 bits per heavy atom. The van der Waals surface area contributed by atoms with Crippen LogP contribution in [0, 0.1) is 12.8 Å². The number of anilines is 1. The van der Waals surface area contributed by atoms with Gasteiger partial charge in [-0.1, -0.05) is 43.7 Å². The van der Waals surface area contributed by atoms with Gasteiger partial charge in [-0.15, -0.1) is 0 Å². The van der Waals surface area contributed by atoms with Gasteiger partial charge >= 0.3 is 0 Å². The molecule has 36 heavy (non-hydrogen) atoms. The van der Waals surface area contributed by atoms with Gasteiger partial charge in [0.15, 0.2) is 0 Å². The minimum absolute atomic E-state index is 0.0651. The molecule has 2 aliphatic rings. The lowest BCUT2D eigenvalue weighted by Gasteiger charge is -2.26. The van der Waals surface area contributed by atoms with Crippen LogP contribution in [0.25, 0.3) is 5.76 Å². The Kier molecular flexibility index (Phi) is 6.27. The summed E-state index contributed by atoms with van der Waals surface area (Å²) < 4.78 is 11.4. The van der Waals surface area contributed by atoms with E-state index in [4.69, 9.17) is 9.47 Å². The second kappa shape index (κ2) is 9.53. The zero-order valence-corrected chi connectivity index (χ0v) is 20.7. The quantitative estimate of drug-likeness (QED) is 0.281. The molecule has 1 fully saturated rings. The summed E-state index contributed by atoms with van der Waals surface area (Å²) in [5.41, 5.74) is 3.86. The van der Waals surface area contributed by atoms with Gasteiger partial charge in [0.25, 0.3) is 11.7 Å². The predicted octanol–water partition coefficient (Wildman–Crippen LogP) is 5.59. The van der Waals surface area contributed by atoms with E-state index in [1.54, 1.807) is 12.1 Å². The molecule has 6 heteroatoms. The van der Waals surface area contributed by atoms with Crippen molar-refractivity contribution < 1.29 is 24.2 Å². The van der Waals surface area contributed by atoms with Crippen LogP contribution in [0.2, 0.25) is 0 Å². The topological polar surface area (TPSA) is 76.1 Å². The molecule has 0 aliphatic carbocycles. The summed E-state index contributed by atoms with van der Waals surface area (Å²) in [7, 11) is 0. The molecule has 184 valence electrons. The zero-order valence-electron chi connectivity index (χ0n) is 20.7. The highest BCUT2D eigenvalue weighted by Gasteiger charge is 2.47. The van der Waals surface area contributed by atoms with Gasteiger partial charge in [-0.05, 0) is 66.4 Å². The first-order valence-corrected chi connectivity index (χ1v) is 12.2. The van der Waals surface area contributed by atoms with E-state index in [0.717, 1.165) is 23.3 Å². The van der Waals surface area contributed by atoms with Crippen molar-refractivity contribution in [2.45, 2.75) is 33.2 Å². The van der Waals surface area contributed by atoms with Gasteiger partial charge in [0.05, 0.1) is 24.8 Å². The molecule has 0 spiro atoms. The number of amides is 1. The number of Topliss-reactive ketones (excluding diaryl/α,β-unsaturated/α-hetero) is 1. The van der Waals surface area contributed by atoms with Gasteiger partial charge < -0.3 is 14.6 Å². The number of hydrogen-bond donors (Lipinski definition) is 1. The number of aryl methyl sites for hydroxylation is 1. The van der Waals surface area contributed by atoms with Gasteiger partial charge in [0, 0.05) is 17.7 Å². The predicted molar refractivity (Wildman–Crippen MR) is 138 cm³/mol. The third-order valence-electron chi connectivity index (χ3n) is 6.50. The molecule has 6 nitrogen and oxygen atoms in total. The van der Waals surface area contributed by atoms with Crippen LogP contribution in [0.5, 0.6) is 11.5 Å². The number of carbonyl (C=O) groups excluding carboxylic acids is 2. The molecule has 1 atom stereocenters. The number of hydrogen-bond acceptors (Lipinski definition) is 5. The van der Waals surface area contributed by atoms with Crippen LogP contribution in [0.1, 0.15) is 42.1 Å². The lowest BCUT2D eigenvalue weighted by atomic mass is 9.94. The van der Waals surface area contributed by atoms with E-state index >= 15 is 0 Å². The molecule has 0 bridgehead atoms. The number of rotatable bonds is 6. The maximum atomic E-state index is 13.4. The minimum Gasteiger partial charge on any atom is -0.507 e. The molecule has 1 amide bonds. The van der Waals surface area contributed by atoms with Crippen molar-refractivity contribution in [1.29, 1.82) is 0 Å². The van der Waals surface area contributed by atoms with Crippen LogP contribution in [0.15, 0.2) is 72.3 Å². The summed E-state index contributed by atoms with van der Waals surface area (Å²) in [5, 5.41) is 11.4. The number of benzene rings is 3. The fourth-order valence-electron chi connectivity index (χ4n) is 4.62. The molecule has 2 aliphatic heterocycles. The van der Waals surface area contributed by atoms with Crippen molar-refractivity contribution in [3.05, 3.63) is 94.6 Å². The maximum Gasteiger partial charge on any atom is 0.300 e. The number of ketones is 1. The van der Waals surface area contributed by atoms with E-state index in [2.05, 4.69) is 13.8 Å². The highest BCUT2D eigenvalue weighted by atomic mass is 16.5. The van der Waals surface area contributed by atoms with Crippen LogP contribution in [0.4, 0.5) is 5.69 Å². The summed E-state index contributed by atoms with van der Waals surface area (Å²) in [6.07, 6.45) is 0.732. The van der Waals surface area contributed by atoms with E-state index in [1.807, 2.05) is 61.5 Å². The molecular weight excluding hydrogens is 454 g/mol. The van der Waals surface area contributed by atoms with Gasteiger partial charge in [0.2, 0.25) is 0 Å². The van der Waals surface area contributed by atoms with Gasteiger partial charge in [-0.25, -0.2) is 0 Å². The van der Waals surface area contributed by atoms with Crippen LogP contribution < -0.4 is 14.4 Å². The van der Waals surface area contributed by atoms with E-state index in [0.29, 0.717) is 41.7 Å². The summed E-state index contributed by atoms with van der Waals surface area (Å²) >= 11 is 0. The fraction of sp³-hybridized carbons (Fsp3) is 0.267. The lowest BCUT2D eigenvalue weighted by molar-refractivity contribution is -0.132. The maximum absolute atomic E-state index is 13.4. The van der Waals surface area contributed by atoms with Gasteiger partial charge in [-0.3, -0.25) is 14.5 Å². The molecule has 0 saturated carbocycles. The third kappa shape index (κ3) is 4.35. The number of aliphatic hydroxyl groups excluding tert-OH is 1. The van der Waals surface area contributed by atoms with E-state index in [9.17, 15) is 14.7 Å². The Bertz CT molecular complexity index is 1340. The summed E-state index contributed by atoms with van der Waals surface area (Å²) in [6, 6.07) is 19.4. The standard InChI is InChI=1S/C30H29NO5/c1-18(2)17-36-24-11-6-20(7-12-24)27-26(28(32)22-8-13-25-21(16-22)14-15-35-25)29(33)30(34)31(27)23-9-4-19(3)5-10-23/h4-13,16,18,27,32H,14-15,17H2,1-3H3/b28-26-. The second-order valence-corrected chi connectivity index (χ2v) is 9.70. The average Bonchev–Trinajstić information content (AvgIpc) is 3.45. The van der Waals surface area contributed by atoms with E-state index < -0.39 is 17.7 Å². The minimum atomic E-state index is -0.781. The number of carbonyl (C=O) groups is 2. The molecule has 0 radical (unpaired) electrons. The number of nitrogens with zero attached hydrogens (tertiary/aromatic N) is 1. The van der Waals surface area contributed by atoms with Crippen LogP contribution >= 0.6 is 0 Å². The first-order valence-electron chi connectivity index (χ1n) is 12.2. The summed E-state index contributed by atoms with van der Waals surface area (Å²) in [4.78, 5) is 28.2. The highest BCUT2D eigenvalue weighted by molar-refractivity contribution is 6.51. The van der Waals surface area contributed by atoms with E-state index in [1.165, 1.54) is 4.90 Å². The Labute approximate surface area is 210 Å².